The summed E-state index contributed by atoms with van der Waals surface area (Å²) < 4.78 is 6.39. The predicted octanol–water partition coefficient (Wildman–Crippen LogP) is 1.02. The lowest BCUT2D eigenvalue weighted by molar-refractivity contribution is -0.384. The lowest BCUT2D eigenvalue weighted by atomic mass is 10.2. The topological polar surface area (TPSA) is 82.2 Å². The zero-order valence-corrected chi connectivity index (χ0v) is 9.64. The largest absolute Gasteiger partial charge is 0.384 e. The molecule has 1 unspecified atom stereocenters. The summed E-state index contributed by atoms with van der Waals surface area (Å²) in [5.74, 6) is 0.571. The molecule has 0 saturated carbocycles. The van der Waals surface area contributed by atoms with E-state index in [0.717, 1.165) is 0 Å². The molecule has 0 aromatic carbocycles. The van der Waals surface area contributed by atoms with Crippen LogP contribution in [0.25, 0.3) is 0 Å². The van der Waals surface area contributed by atoms with E-state index in [1.54, 1.807) is 14.2 Å². The summed E-state index contributed by atoms with van der Waals surface area (Å²) in [5.41, 5.74) is -0.00730. The van der Waals surface area contributed by atoms with Crippen LogP contribution in [-0.4, -0.2) is 35.0 Å². The molecule has 1 rings (SSSR count). The maximum absolute atomic E-state index is 10.7. The average Bonchev–Trinajstić information content (AvgIpc) is 2.57. The molecule has 1 aromatic heterocycles. The number of nitrogens with one attached hydrogen (secondary N) is 1. The Balaban J connectivity index is 2.62. The molecule has 1 aromatic rings. The summed E-state index contributed by atoms with van der Waals surface area (Å²) in [4.78, 5) is 10.2. The Morgan fingerprint density at radius 1 is 1.75 bits per heavy atom. The second-order valence-electron chi connectivity index (χ2n) is 3.74. The molecule has 7 heteroatoms. The van der Waals surface area contributed by atoms with Gasteiger partial charge in [-0.1, -0.05) is 6.92 Å². The number of nitro groups is 1. The van der Waals surface area contributed by atoms with E-state index in [0.29, 0.717) is 19.0 Å². The summed E-state index contributed by atoms with van der Waals surface area (Å²) in [5, 5.41) is 17.6. The highest BCUT2D eigenvalue weighted by molar-refractivity contribution is 5.54. The summed E-state index contributed by atoms with van der Waals surface area (Å²) in [7, 11) is 3.27. The molecule has 0 bridgehead atoms. The third-order valence-corrected chi connectivity index (χ3v) is 2.08. The highest BCUT2D eigenvalue weighted by Crippen LogP contribution is 2.21. The Hall–Kier alpha value is -1.63. The molecule has 0 aliphatic carbocycles. The van der Waals surface area contributed by atoms with E-state index in [2.05, 4.69) is 10.4 Å². The third kappa shape index (κ3) is 3.20. The molecular formula is C9H16N4O3. The van der Waals surface area contributed by atoms with Gasteiger partial charge in [0.05, 0.1) is 11.5 Å². The molecule has 0 aliphatic rings. The van der Waals surface area contributed by atoms with Crippen molar-refractivity contribution >= 4 is 11.5 Å². The van der Waals surface area contributed by atoms with Crippen molar-refractivity contribution in [2.75, 3.05) is 25.6 Å². The zero-order valence-electron chi connectivity index (χ0n) is 9.64. The van der Waals surface area contributed by atoms with Gasteiger partial charge in [0, 0.05) is 20.7 Å². The highest BCUT2D eigenvalue weighted by atomic mass is 16.6. The lowest BCUT2D eigenvalue weighted by Gasteiger charge is -2.10. The van der Waals surface area contributed by atoms with E-state index in [9.17, 15) is 10.1 Å². The number of hydrogen-bond acceptors (Lipinski definition) is 5. The first-order valence-electron chi connectivity index (χ1n) is 4.95. The van der Waals surface area contributed by atoms with E-state index < -0.39 is 4.92 Å². The van der Waals surface area contributed by atoms with Gasteiger partial charge in [-0.3, -0.25) is 14.8 Å². The Morgan fingerprint density at radius 2 is 2.44 bits per heavy atom. The fraction of sp³-hybridized carbons (Fsp3) is 0.667. The van der Waals surface area contributed by atoms with Gasteiger partial charge >= 0.3 is 5.69 Å². The smallest absolute Gasteiger partial charge is 0.330 e. The molecule has 7 nitrogen and oxygen atoms in total. The first kappa shape index (κ1) is 12.4. The second kappa shape index (κ2) is 5.45. The van der Waals surface area contributed by atoms with Gasteiger partial charge in [0.15, 0.2) is 0 Å². The van der Waals surface area contributed by atoms with Crippen molar-refractivity contribution < 1.29 is 9.66 Å². The molecule has 0 aliphatic heterocycles. The van der Waals surface area contributed by atoms with Gasteiger partial charge in [0.1, 0.15) is 6.20 Å². The van der Waals surface area contributed by atoms with Gasteiger partial charge in [-0.25, -0.2) is 0 Å². The van der Waals surface area contributed by atoms with E-state index in [-0.39, 0.29) is 11.6 Å². The summed E-state index contributed by atoms with van der Waals surface area (Å²) >= 11 is 0. The van der Waals surface area contributed by atoms with Crippen LogP contribution < -0.4 is 5.32 Å². The third-order valence-electron chi connectivity index (χ3n) is 2.08. The number of anilines is 1. The highest BCUT2D eigenvalue weighted by Gasteiger charge is 2.18. The maximum atomic E-state index is 10.7. The second-order valence-corrected chi connectivity index (χ2v) is 3.74. The molecule has 16 heavy (non-hydrogen) atoms. The Morgan fingerprint density at radius 3 is 3.00 bits per heavy atom. The van der Waals surface area contributed by atoms with E-state index >= 15 is 0 Å². The van der Waals surface area contributed by atoms with Crippen molar-refractivity contribution in [3.63, 3.8) is 0 Å². The monoisotopic (exact) mass is 228 g/mol. The number of rotatable bonds is 6. The van der Waals surface area contributed by atoms with Crippen molar-refractivity contribution in [2.24, 2.45) is 13.0 Å². The van der Waals surface area contributed by atoms with Crippen molar-refractivity contribution in [3.05, 3.63) is 16.3 Å². The SMILES string of the molecule is COCC(C)CNc1nn(C)cc1[N+](=O)[O-]. The van der Waals surface area contributed by atoms with Crippen LogP contribution in [0.15, 0.2) is 6.20 Å². The molecule has 0 saturated heterocycles. The molecule has 1 N–H and O–H groups in total. The summed E-state index contributed by atoms with van der Waals surface area (Å²) in [6.07, 6.45) is 1.38. The maximum Gasteiger partial charge on any atom is 0.330 e. The number of hydrogen-bond donors (Lipinski definition) is 1. The minimum atomic E-state index is -0.448. The normalized spacial score (nSPS) is 12.4. The van der Waals surface area contributed by atoms with Gasteiger partial charge in [-0.05, 0) is 5.92 Å². The van der Waals surface area contributed by atoms with Crippen molar-refractivity contribution in [2.45, 2.75) is 6.92 Å². The van der Waals surface area contributed by atoms with Crippen molar-refractivity contribution in [1.82, 2.24) is 9.78 Å². The molecule has 0 spiro atoms. The fourth-order valence-electron chi connectivity index (χ4n) is 1.35. The van der Waals surface area contributed by atoms with E-state index in [4.69, 9.17) is 4.74 Å². The standard InChI is InChI=1S/C9H16N4O3/c1-7(6-16-3)4-10-9-8(13(14)15)5-12(2)11-9/h5,7H,4,6H2,1-3H3,(H,10,11). The van der Waals surface area contributed by atoms with E-state index in [1.807, 2.05) is 6.92 Å². The number of methoxy groups -OCH3 is 1. The van der Waals surface area contributed by atoms with Crippen LogP contribution in [0, 0.1) is 16.0 Å². The minimum Gasteiger partial charge on any atom is -0.384 e. The molecule has 1 heterocycles. The van der Waals surface area contributed by atoms with Crippen LogP contribution in [0.3, 0.4) is 0 Å². The van der Waals surface area contributed by atoms with Crippen LogP contribution in [0.5, 0.6) is 0 Å². The van der Waals surface area contributed by atoms with E-state index in [1.165, 1.54) is 10.9 Å². The number of nitrogens with zero attached hydrogens (tertiary/aromatic N) is 3. The van der Waals surface area contributed by atoms with Crippen LogP contribution >= 0.6 is 0 Å². The van der Waals surface area contributed by atoms with Crippen LogP contribution in [0.2, 0.25) is 0 Å². The van der Waals surface area contributed by atoms with Crippen LogP contribution in [0.4, 0.5) is 11.5 Å². The number of ether oxygens (including phenoxy) is 1. The van der Waals surface area contributed by atoms with Gasteiger partial charge in [-0.2, -0.15) is 0 Å². The molecular weight excluding hydrogens is 212 g/mol. The van der Waals surface area contributed by atoms with Crippen molar-refractivity contribution in [3.8, 4) is 0 Å². The molecule has 1 atom stereocenters. The van der Waals surface area contributed by atoms with Crippen molar-refractivity contribution in [1.29, 1.82) is 0 Å². The molecule has 0 fully saturated rings. The molecule has 90 valence electrons. The first-order chi connectivity index (χ1) is 7.54. The number of aromatic nitrogens is 2. The zero-order chi connectivity index (χ0) is 12.1. The molecule has 0 radical (unpaired) electrons. The summed E-state index contributed by atoms with van der Waals surface area (Å²) in [6.45, 7) is 3.19. The average molecular weight is 228 g/mol. The first-order valence-corrected chi connectivity index (χ1v) is 4.95. The fourth-order valence-corrected chi connectivity index (χ4v) is 1.35. The quantitative estimate of drug-likeness (QED) is 0.580. The van der Waals surface area contributed by atoms with Crippen LogP contribution in [0.1, 0.15) is 6.92 Å². The minimum absolute atomic E-state index is 0.00730. The predicted molar refractivity (Wildman–Crippen MR) is 59.4 cm³/mol. The van der Waals surface area contributed by atoms with Crippen LogP contribution in [-0.2, 0) is 11.8 Å². The van der Waals surface area contributed by atoms with Gasteiger partial charge in [-0.15, -0.1) is 5.10 Å². The number of aryl methyl sites for hydroxylation is 1. The van der Waals surface area contributed by atoms with Gasteiger partial charge < -0.3 is 10.1 Å². The lowest BCUT2D eigenvalue weighted by Crippen LogP contribution is -2.16. The van der Waals surface area contributed by atoms with Gasteiger partial charge in [0.25, 0.3) is 0 Å². The molecule has 0 amide bonds. The van der Waals surface area contributed by atoms with Gasteiger partial charge in [0.2, 0.25) is 5.82 Å². The summed E-state index contributed by atoms with van der Waals surface area (Å²) in [6, 6.07) is 0. The Bertz CT molecular complexity index is 364. The Labute approximate surface area is 93.5 Å². The Kier molecular flexibility index (Phi) is 4.24.